The van der Waals surface area contributed by atoms with E-state index in [1.807, 2.05) is 30.3 Å². The van der Waals surface area contributed by atoms with Crippen molar-refractivity contribution in [1.29, 1.82) is 0 Å². The molecule has 1 unspecified atom stereocenters. The van der Waals surface area contributed by atoms with Crippen molar-refractivity contribution in [2.45, 2.75) is 161 Å². The Bertz CT molecular complexity index is 794. The zero-order valence-electron chi connectivity index (χ0n) is 27.6. The highest BCUT2D eigenvalue weighted by atomic mass is 16.5. The molecule has 0 saturated carbocycles. The molecule has 0 bridgehead atoms. The van der Waals surface area contributed by atoms with Gasteiger partial charge in [-0.25, -0.2) is 0 Å². The van der Waals surface area contributed by atoms with Crippen LogP contribution in [0.15, 0.2) is 30.3 Å². The van der Waals surface area contributed by atoms with Gasteiger partial charge in [-0.1, -0.05) is 147 Å². The third-order valence-corrected chi connectivity index (χ3v) is 7.90. The van der Waals surface area contributed by atoms with Crippen molar-refractivity contribution in [3.63, 3.8) is 0 Å². The first kappa shape index (κ1) is 38.6. The fraction of sp³-hybridized carbons (Fsp3) is 0.750. The Labute approximate surface area is 262 Å². The minimum atomic E-state index is -0.605. The molecule has 7 nitrogen and oxygen atoms in total. The molecule has 0 aromatic heterocycles. The second kappa shape index (κ2) is 27.2. The molecular formula is C36H63N2O5+. The number of carbonyl (C=O) groups excluding carboxylic acids is 3. The summed E-state index contributed by atoms with van der Waals surface area (Å²) in [6.45, 7) is 4.41. The molecule has 0 radical (unpaired) electrons. The lowest BCUT2D eigenvalue weighted by Crippen LogP contribution is -2.69. The van der Waals surface area contributed by atoms with Crippen LogP contribution in [-0.2, 0) is 30.3 Å². The molecule has 4 N–H and O–H groups in total. The highest BCUT2D eigenvalue weighted by molar-refractivity contribution is 5.81. The van der Waals surface area contributed by atoms with Gasteiger partial charge >= 0.3 is 11.9 Å². The highest BCUT2D eigenvalue weighted by Gasteiger charge is 2.23. The van der Waals surface area contributed by atoms with Gasteiger partial charge < -0.3 is 20.5 Å². The van der Waals surface area contributed by atoms with E-state index in [2.05, 4.69) is 24.9 Å². The van der Waals surface area contributed by atoms with Crippen molar-refractivity contribution in [3.05, 3.63) is 35.9 Å². The van der Waals surface area contributed by atoms with Crippen LogP contribution in [0.2, 0.25) is 0 Å². The minimum Gasteiger partial charge on any atom is -0.463 e. The molecule has 43 heavy (non-hydrogen) atoms. The Balaban J connectivity index is 2.40. The van der Waals surface area contributed by atoms with Gasteiger partial charge in [0.15, 0.2) is 6.04 Å². The standard InChI is InChI=1S/C36H62N2O5/c1-3-5-7-9-11-13-15-17-22-26-34(39)42-29-32(38-36(41)33(37)28-31-24-20-19-21-25-31)30-43-35(40)27-23-18-16-14-12-10-8-6-4-2/h19-21,24-25,32-33H,3-18,22-23,26-30,37H2,1-2H3,(H,38,41)/p+1. The Morgan fingerprint density at radius 1 is 0.628 bits per heavy atom. The Morgan fingerprint density at radius 2 is 1.02 bits per heavy atom. The van der Waals surface area contributed by atoms with Crippen LogP contribution in [-0.4, -0.2) is 43.1 Å². The number of hydrogen-bond acceptors (Lipinski definition) is 5. The van der Waals surface area contributed by atoms with E-state index in [1.54, 1.807) is 0 Å². The topological polar surface area (TPSA) is 109 Å². The average molecular weight is 604 g/mol. The molecule has 0 fully saturated rings. The van der Waals surface area contributed by atoms with Crippen LogP contribution in [0.4, 0.5) is 0 Å². The van der Waals surface area contributed by atoms with Gasteiger partial charge in [-0.3, -0.25) is 14.4 Å². The summed E-state index contributed by atoms with van der Waals surface area (Å²) in [5.74, 6) is -0.809. The number of hydrogen-bond donors (Lipinski definition) is 2. The molecule has 7 heteroatoms. The lowest BCUT2D eigenvalue weighted by Gasteiger charge is -2.20. The van der Waals surface area contributed by atoms with Gasteiger partial charge in [0.05, 0.1) is 6.04 Å². The Hall–Kier alpha value is -2.41. The third-order valence-electron chi connectivity index (χ3n) is 7.90. The number of benzene rings is 1. The molecule has 0 heterocycles. The molecule has 0 spiro atoms. The normalized spacial score (nSPS) is 11.8. The van der Waals surface area contributed by atoms with Crippen LogP contribution in [0, 0.1) is 0 Å². The first-order valence-electron chi connectivity index (χ1n) is 17.4. The van der Waals surface area contributed by atoms with E-state index in [0.29, 0.717) is 19.3 Å². The summed E-state index contributed by atoms with van der Waals surface area (Å²) in [5.41, 5.74) is 5.04. The second-order valence-electron chi connectivity index (χ2n) is 12.1. The smallest absolute Gasteiger partial charge is 0.305 e. The highest BCUT2D eigenvalue weighted by Crippen LogP contribution is 2.12. The van der Waals surface area contributed by atoms with E-state index in [4.69, 9.17) is 9.47 Å². The van der Waals surface area contributed by atoms with Crippen molar-refractivity contribution in [2.75, 3.05) is 13.2 Å². The summed E-state index contributed by atoms with van der Waals surface area (Å²) in [4.78, 5) is 37.7. The monoisotopic (exact) mass is 603 g/mol. The van der Waals surface area contributed by atoms with Crippen LogP contribution in [0.3, 0.4) is 0 Å². The number of rotatable bonds is 28. The number of nitrogens with one attached hydrogen (secondary N) is 1. The molecule has 0 aliphatic rings. The zero-order valence-corrected chi connectivity index (χ0v) is 27.6. The van der Waals surface area contributed by atoms with Crippen molar-refractivity contribution in [3.8, 4) is 0 Å². The SMILES string of the molecule is CCCCCCCCCCCC(=O)OCC(COC(=O)CCCCCCCCCCC)NC(=O)C([NH3+])Cc1ccccc1. The number of quaternary nitrogens is 1. The van der Waals surface area contributed by atoms with E-state index in [-0.39, 0.29) is 31.1 Å². The van der Waals surface area contributed by atoms with Crippen molar-refractivity contribution < 1.29 is 29.6 Å². The quantitative estimate of drug-likeness (QED) is 0.0774. The first-order chi connectivity index (χ1) is 21.0. The molecule has 1 amide bonds. The molecule has 0 aliphatic heterocycles. The van der Waals surface area contributed by atoms with Gasteiger partial charge in [0.25, 0.3) is 5.91 Å². The predicted molar refractivity (Wildman–Crippen MR) is 174 cm³/mol. The first-order valence-corrected chi connectivity index (χ1v) is 17.4. The van der Waals surface area contributed by atoms with Crippen LogP contribution in [0.1, 0.15) is 148 Å². The van der Waals surface area contributed by atoms with E-state index in [0.717, 1.165) is 44.1 Å². The van der Waals surface area contributed by atoms with Gasteiger partial charge in [-0.2, -0.15) is 0 Å². The summed E-state index contributed by atoms with van der Waals surface area (Å²) in [6, 6.07) is 8.61. The van der Waals surface area contributed by atoms with Crippen LogP contribution < -0.4 is 11.1 Å². The van der Waals surface area contributed by atoms with E-state index in [9.17, 15) is 14.4 Å². The number of esters is 2. The summed E-state index contributed by atoms with van der Waals surface area (Å²) in [6.07, 6.45) is 22.5. The third kappa shape index (κ3) is 22.7. The molecule has 1 aromatic rings. The average Bonchev–Trinajstić information content (AvgIpc) is 3.01. The van der Waals surface area contributed by atoms with Crippen LogP contribution in [0.25, 0.3) is 0 Å². The molecule has 0 saturated heterocycles. The molecule has 0 aliphatic carbocycles. The Morgan fingerprint density at radius 3 is 1.44 bits per heavy atom. The van der Waals surface area contributed by atoms with E-state index >= 15 is 0 Å². The number of ether oxygens (including phenoxy) is 2. The van der Waals surface area contributed by atoms with Gasteiger partial charge in [0, 0.05) is 19.3 Å². The predicted octanol–water partition coefficient (Wildman–Crippen LogP) is 7.25. The lowest BCUT2D eigenvalue weighted by atomic mass is 10.1. The minimum absolute atomic E-state index is 0.0225. The molecule has 1 aromatic carbocycles. The summed E-state index contributed by atoms with van der Waals surface area (Å²) >= 11 is 0. The zero-order chi connectivity index (χ0) is 31.4. The van der Waals surface area contributed by atoms with Crippen molar-refractivity contribution in [1.82, 2.24) is 5.32 Å². The van der Waals surface area contributed by atoms with Gasteiger partial charge in [-0.05, 0) is 18.4 Å². The fourth-order valence-electron chi connectivity index (χ4n) is 5.13. The number of amides is 1. The van der Waals surface area contributed by atoms with Gasteiger partial charge in [-0.15, -0.1) is 0 Å². The van der Waals surface area contributed by atoms with E-state index < -0.39 is 12.1 Å². The van der Waals surface area contributed by atoms with Gasteiger partial charge in [0.1, 0.15) is 13.2 Å². The summed E-state index contributed by atoms with van der Waals surface area (Å²) < 4.78 is 11.0. The summed E-state index contributed by atoms with van der Waals surface area (Å²) in [7, 11) is 0. The Kier molecular flexibility index (Phi) is 24.4. The maximum atomic E-state index is 12.9. The van der Waals surface area contributed by atoms with Crippen LogP contribution >= 0.6 is 0 Å². The maximum Gasteiger partial charge on any atom is 0.305 e. The number of carbonyl (C=O) groups is 3. The molecule has 1 atom stereocenters. The number of unbranched alkanes of at least 4 members (excludes halogenated alkanes) is 16. The maximum absolute atomic E-state index is 12.9. The van der Waals surface area contributed by atoms with Crippen molar-refractivity contribution in [2.24, 2.45) is 0 Å². The summed E-state index contributed by atoms with van der Waals surface area (Å²) in [5, 5.41) is 2.90. The largest absolute Gasteiger partial charge is 0.463 e. The molecule has 246 valence electrons. The second-order valence-corrected chi connectivity index (χ2v) is 12.1. The van der Waals surface area contributed by atoms with Crippen LogP contribution in [0.5, 0.6) is 0 Å². The van der Waals surface area contributed by atoms with Gasteiger partial charge in [0.2, 0.25) is 0 Å². The molecule has 1 rings (SSSR count). The molecular weight excluding hydrogens is 540 g/mol. The lowest BCUT2D eigenvalue weighted by molar-refractivity contribution is -0.403. The van der Waals surface area contributed by atoms with E-state index in [1.165, 1.54) is 77.0 Å². The fourth-order valence-corrected chi connectivity index (χ4v) is 5.13. The van der Waals surface area contributed by atoms with Crippen molar-refractivity contribution >= 4 is 17.8 Å².